The minimum absolute atomic E-state index is 0.181. The van der Waals surface area contributed by atoms with E-state index < -0.39 is 12.3 Å². The molecular formula is C8H14FNO3. The van der Waals surface area contributed by atoms with Crippen LogP contribution in [0.3, 0.4) is 0 Å². The zero-order chi connectivity index (χ0) is 9.68. The Morgan fingerprint density at radius 1 is 1.77 bits per heavy atom. The fraction of sp³-hybridized carbons (Fsp3) is 0.875. The number of carboxylic acids is 1. The molecule has 0 aliphatic carbocycles. The molecule has 0 saturated carbocycles. The molecule has 1 rings (SSSR count). The van der Waals surface area contributed by atoms with Gasteiger partial charge in [-0.2, -0.15) is 0 Å². The largest absolute Gasteiger partial charge is 0.477 e. The summed E-state index contributed by atoms with van der Waals surface area (Å²) in [5.74, 6) is -1.31. The summed E-state index contributed by atoms with van der Waals surface area (Å²) < 4.78 is 17.0. The Kier molecular flexibility index (Phi) is 4.11. The van der Waals surface area contributed by atoms with Crippen LogP contribution in [-0.2, 0) is 9.53 Å². The molecule has 76 valence electrons. The van der Waals surface area contributed by atoms with Crippen LogP contribution in [-0.4, -0.2) is 37.1 Å². The van der Waals surface area contributed by atoms with E-state index in [-0.39, 0.29) is 12.5 Å². The number of piperidine rings is 1. The summed E-state index contributed by atoms with van der Waals surface area (Å²) in [6.07, 6.45) is -0.167. The van der Waals surface area contributed by atoms with E-state index in [0.29, 0.717) is 0 Å². The van der Waals surface area contributed by atoms with Crippen molar-refractivity contribution in [3.05, 3.63) is 0 Å². The van der Waals surface area contributed by atoms with Crippen molar-refractivity contribution in [2.24, 2.45) is 5.92 Å². The minimum atomic E-state index is -2.18. The van der Waals surface area contributed by atoms with Gasteiger partial charge in [0.15, 0.2) is 0 Å². The quantitative estimate of drug-likeness (QED) is 0.674. The number of alkyl halides is 1. The summed E-state index contributed by atoms with van der Waals surface area (Å²) in [4.78, 5) is 10.1. The van der Waals surface area contributed by atoms with Gasteiger partial charge in [-0.15, -0.1) is 0 Å². The molecule has 1 fully saturated rings. The molecule has 0 aromatic rings. The molecule has 2 N–H and O–H groups in total. The number of carboxylic acid groups (broad SMARTS) is 1. The van der Waals surface area contributed by atoms with Crippen LogP contribution in [0.4, 0.5) is 4.39 Å². The first-order chi connectivity index (χ1) is 6.20. The van der Waals surface area contributed by atoms with Gasteiger partial charge in [-0.3, -0.25) is 0 Å². The zero-order valence-corrected chi connectivity index (χ0v) is 7.33. The number of halogens is 1. The smallest absolute Gasteiger partial charge is 0.366 e. The molecule has 1 saturated heterocycles. The number of carbonyl (C=O) groups is 1. The topological polar surface area (TPSA) is 58.6 Å². The highest BCUT2D eigenvalue weighted by Crippen LogP contribution is 2.11. The number of aliphatic carboxylic acids is 1. The fourth-order valence-corrected chi connectivity index (χ4v) is 1.36. The molecular weight excluding hydrogens is 177 g/mol. The highest BCUT2D eigenvalue weighted by atomic mass is 19.1. The molecule has 1 aliphatic rings. The average molecular weight is 191 g/mol. The van der Waals surface area contributed by atoms with Crippen molar-refractivity contribution in [2.45, 2.75) is 19.2 Å². The SMILES string of the molecule is O=C(O)C(F)OCC1CCCNC1. The molecule has 2 unspecified atom stereocenters. The lowest BCUT2D eigenvalue weighted by atomic mass is 10.0. The van der Waals surface area contributed by atoms with E-state index in [4.69, 9.17) is 5.11 Å². The predicted molar refractivity (Wildman–Crippen MR) is 44.1 cm³/mol. The molecule has 0 spiro atoms. The van der Waals surface area contributed by atoms with Gasteiger partial charge in [-0.25, -0.2) is 9.18 Å². The molecule has 2 atom stereocenters. The molecule has 0 aromatic heterocycles. The Balaban J connectivity index is 2.13. The van der Waals surface area contributed by atoms with E-state index in [0.717, 1.165) is 25.9 Å². The highest BCUT2D eigenvalue weighted by Gasteiger charge is 2.19. The van der Waals surface area contributed by atoms with E-state index in [2.05, 4.69) is 10.1 Å². The molecule has 0 aromatic carbocycles. The second-order valence-electron chi connectivity index (χ2n) is 3.20. The lowest BCUT2D eigenvalue weighted by molar-refractivity contribution is -0.164. The van der Waals surface area contributed by atoms with Gasteiger partial charge in [-0.1, -0.05) is 0 Å². The summed E-state index contributed by atoms with van der Waals surface area (Å²) in [7, 11) is 0. The van der Waals surface area contributed by atoms with E-state index in [1.54, 1.807) is 0 Å². The lowest BCUT2D eigenvalue weighted by Crippen LogP contribution is -2.33. The van der Waals surface area contributed by atoms with Crippen molar-refractivity contribution in [2.75, 3.05) is 19.7 Å². The van der Waals surface area contributed by atoms with Crippen molar-refractivity contribution in [3.8, 4) is 0 Å². The maximum absolute atomic E-state index is 12.4. The predicted octanol–water partition coefficient (Wildman–Crippen LogP) is 0.383. The van der Waals surface area contributed by atoms with Gasteiger partial charge in [0.2, 0.25) is 0 Å². The van der Waals surface area contributed by atoms with E-state index in [1.165, 1.54) is 0 Å². The van der Waals surface area contributed by atoms with E-state index in [9.17, 15) is 9.18 Å². The normalized spacial score (nSPS) is 25.5. The number of hydrogen-bond donors (Lipinski definition) is 2. The van der Waals surface area contributed by atoms with Crippen LogP contribution in [0.25, 0.3) is 0 Å². The second-order valence-corrected chi connectivity index (χ2v) is 3.20. The molecule has 0 bridgehead atoms. The van der Waals surface area contributed by atoms with Crippen molar-refractivity contribution in [3.63, 3.8) is 0 Å². The molecule has 1 heterocycles. The van der Waals surface area contributed by atoms with Crippen LogP contribution in [0, 0.1) is 5.92 Å². The molecule has 0 amide bonds. The van der Waals surface area contributed by atoms with E-state index in [1.807, 2.05) is 0 Å². The molecule has 0 radical (unpaired) electrons. The Bertz CT molecular complexity index is 171. The third-order valence-corrected chi connectivity index (χ3v) is 2.07. The minimum Gasteiger partial charge on any atom is -0.477 e. The van der Waals surface area contributed by atoms with Crippen LogP contribution in [0.15, 0.2) is 0 Å². The third-order valence-electron chi connectivity index (χ3n) is 2.07. The van der Waals surface area contributed by atoms with Crippen LogP contribution >= 0.6 is 0 Å². The summed E-state index contributed by atoms with van der Waals surface area (Å²) >= 11 is 0. The van der Waals surface area contributed by atoms with Crippen LogP contribution in [0.1, 0.15) is 12.8 Å². The summed E-state index contributed by atoms with van der Waals surface area (Å²) in [5, 5.41) is 11.3. The summed E-state index contributed by atoms with van der Waals surface area (Å²) in [6.45, 7) is 1.95. The molecule has 5 heteroatoms. The van der Waals surface area contributed by atoms with Crippen molar-refractivity contribution < 1.29 is 19.0 Å². The van der Waals surface area contributed by atoms with Crippen LogP contribution < -0.4 is 5.32 Å². The van der Waals surface area contributed by atoms with Gasteiger partial charge in [0.25, 0.3) is 6.36 Å². The zero-order valence-electron chi connectivity index (χ0n) is 7.33. The van der Waals surface area contributed by atoms with Gasteiger partial charge in [0.05, 0.1) is 6.61 Å². The van der Waals surface area contributed by atoms with E-state index >= 15 is 0 Å². The fourth-order valence-electron chi connectivity index (χ4n) is 1.36. The number of hydrogen-bond acceptors (Lipinski definition) is 3. The van der Waals surface area contributed by atoms with Gasteiger partial charge in [0, 0.05) is 6.54 Å². The number of ether oxygens (including phenoxy) is 1. The first-order valence-electron chi connectivity index (χ1n) is 4.39. The molecule has 13 heavy (non-hydrogen) atoms. The Hall–Kier alpha value is -0.680. The number of rotatable bonds is 4. The summed E-state index contributed by atoms with van der Waals surface area (Å²) in [6, 6.07) is 0. The van der Waals surface area contributed by atoms with Gasteiger partial charge in [-0.05, 0) is 25.3 Å². The monoisotopic (exact) mass is 191 g/mol. The lowest BCUT2D eigenvalue weighted by Gasteiger charge is -2.22. The average Bonchev–Trinajstić information content (AvgIpc) is 2.15. The summed E-state index contributed by atoms with van der Waals surface area (Å²) in [5.41, 5.74) is 0. The molecule has 4 nitrogen and oxygen atoms in total. The van der Waals surface area contributed by atoms with Gasteiger partial charge in [0.1, 0.15) is 0 Å². The maximum atomic E-state index is 12.4. The van der Waals surface area contributed by atoms with Crippen LogP contribution in [0.2, 0.25) is 0 Å². The second kappa shape index (κ2) is 5.14. The highest BCUT2D eigenvalue weighted by molar-refractivity contribution is 5.70. The Morgan fingerprint density at radius 2 is 2.54 bits per heavy atom. The standard InChI is InChI=1S/C8H14FNO3/c9-7(8(11)12)13-5-6-2-1-3-10-4-6/h6-7,10H,1-5H2,(H,11,12). The molecule has 1 aliphatic heterocycles. The maximum Gasteiger partial charge on any atom is 0.366 e. The van der Waals surface area contributed by atoms with Crippen molar-refractivity contribution in [1.82, 2.24) is 5.32 Å². The van der Waals surface area contributed by atoms with Crippen molar-refractivity contribution in [1.29, 1.82) is 0 Å². The Labute approximate surface area is 76.1 Å². The van der Waals surface area contributed by atoms with Gasteiger partial charge < -0.3 is 15.2 Å². The third kappa shape index (κ3) is 3.69. The first kappa shape index (κ1) is 10.4. The van der Waals surface area contributed by atoms with Gasteiger partial charge >= 0.3 is 5.97 Å². The Morgan fingerprint density at radius 3 is 3.08 bits per heavy atom. The van der Waals surface area contributed by atoms with Crippen molar-refractivity contribution >= 4 is 5.97 Å². The first-order valence-corrected chi connectivity index (χ1v) is 4.39. The van der Waals surface area contributed by atoms with Crippen LogP contribution in [0.5, 0.6) is 0 Å². The number of nitrogens with one attached hydrogen (secondary N) is 1.